The Hall–Kier alpha value is -5.82. The Morgan fingerprint density at radius 2 is 1.50 bits per heavy atom. The number of hydrogen-bond acceptors (Lipinski definition) is 10. The van der Waals surface area contributed by atoms with Crippen LogP contribution in [0, 0.1) is 0 Å². The third-order valence-corrected chi connectivity index (χ3v) is 8.06. The third-order valence-electron chi connectivity index (χ3n) is 8.06. The fraction of sp³-hybridized carbons (Fsp3) is 0.297. The van der Waals surface area contributed by atoms with Gasteiger partial charge in [0.1, 0.15) is 17.6 Å². The van der Waals surface area contributed by atoms with Gasteiger partial charge in [-0.3, -0.25) is 14.4 Å². The van der Waals surface area contributed by atoms with Crippen LogP contribution in [0.1, 0.15) is 47.4 Å². The lowest BCUT2D eigenvalue weighted by atomic mass is 9.99. The fourth-order valence-corrected chi connectivity index (χ4v) is 5.55. The number of carboxylic acid groups (broad SMARTS) is 1. The zero-order chi connectivity index (χ0) is 35.3. The van der Waals surface area contributed by atoms with E-state index in [-0.39, 0.29) is 57.4 Å². The van der Waals surface area contributed by atoms with E-state index >= 15 is 0 Å². The van der Waals surface area contributed by atoms with E-state index in [0.29, 0.717) is 23.6 Å². The number of ether oxygens (including phenoxy) is 1. The smallest absolute Gasteiger partial charge is 0.481 e. The van der Waals surface area contributed by atoms with E-state index in [9.17, 15) is 24.3 Å². The van der Waals surface area contributed by atoms with Gasteiger partial charge in [0.15, 0.2) is 5.82 Å². The number of benzene rings is 3. The number of carbonyl (C=O) groups excluding carboxylic acids is 3. The first kappa shape index (κ1) is 35.5. The molecule has 0 saturated carbocycles. The zero-order valence-electron chi connectivity index (χ0n) is 27.7. The van der Waals surface area contributed by atoms with Crippen molar-refractivity contribution in [2.45, 2.75) is 38.3 Å². The number of rotatable bonds is 14. The number of hydroxylamine groups is 2. The second kappa shape index (κ2) is 17.5. The van der Waals surface area contributed by atoms with E-state index in [4.69, 9.17) is 14.6 Å². The van der Waals surface area contributed by atoms with E-state index < -0.39 is 30.0 Å². The lowest BCUT2D eigenvalue weighted by Crippen LogP contribution is -2.55. The standard InChI is InChI=1S/C37H40N6O7/c1-2-49-37(48)50-43-22-20-42(21-23-43)36(47)29(18-19-33(44)45)40-35(46)31-25-32(41-34(39-31)28-16-10-5-11-17-28)38-30(27-14-8-4-9-15-27)24-26-12-6-3-7-13-26/h3-17,25,29-30H,2,18-24H2,1H3,(H,40,46)(H,44,45)(H,38,39,41)/t29-,30?/m0/s1. The number of anilines is 1. The van der Waals surface area contributed by atoms with E-state index in [2.05, 4.69) is 15.6 Å². The fourth-order valence-electron chi connectivity index (χ4n) is 5.55. The Bertz CT molecular complexity index is 1740. The summed E-state index contributed by atoms with van der Waals surface area (Å²) in [7, 11) is 0. The Balaban J connectivity index is 1.39. The van der Waals surface area contributed by atoms with Gasteiger partial charge in [-0.1, -0.05) is 91.0 Å². The molecule has 1 aromatic heterocycles. The number of amides is 2. The minimum absolute atomic E-state index is 0.00802. The third kappa shape index (κ3) is 10.1. The molecule has 2 heterocycles. The highest BCUT2D eigenvalue weighted by Gasteiger charge is 2.31. The zero-order valence-corrected chi connectivity index (χ0v) is 27.7. The van der Waals surface area contributed by atoms with Crippen LogP contribution >= 0.6 is 0 Å². The molecule has 2 atom stereocenters. The summed E-state index contributed by atoms with van der Waals surface area (Å²) in [5, 5.41) is 17.1. The van der Waals surface area contributed by atoms with Crippen LogP contribution < -0.4 is 10.6 Å². The Morgan fingerprint density at radius 3 is 2.14 bits per heavy atom. The molecular formula is C37H40N6O7. The molecule has 1 unspecified atom stereocenters. The number of nitrogens with zero attached hydrogens (tertiary/aromatic N) is 4. The molecule has 0 radical (unpaired) electrons. The van der Waals surface area contributed by atoms with E-state index in [0.717, 1.165) is 11.1 Å². The summed E-state index contributed by atoms with van der Waals surface area (Å²) in [5.74, 6) is -1.49. The summed E-state index contributed by atoms with van der Waals surface area (Å²) in [5.41, 5.74) is 2.83. The van der Waals surface area contributed by atoms with Gasteiger partial charge < -0.3 is 30.2 Å². The number of piperazine rings is 1. The molecule has 13 heteroatoms. The first-order chi connectivity index (χ1) is 24.3. The van der Waals surface area contributed by atoms with Crippen molar-refractivity contribution >= 4 is 29.8 Å². The van der Waals surface area contributed by atoms with Gasteiger partial charge >= 0.3 is 12.1 Å². The molecule has 3 aromatic carbocycles. The summed E-state index contributed by atoms with van der Waals surface area (Å²) in [6.07, 6.45) is -0.662. The van der Waals surface area contributed by atoms with Gasteiger partial charge in [-0.2, -0.15) is 0 Å². The number of hydrogen-bond donors (Lipinski definition) is 3. The Labute approximate surface area is 290 Å². The summed E-state index contributed by atoms with van der Waals surface area (Å²) >= 11 is 0. The second-order valence-electron chi connectivity index (χ2n) is 11.6. The van der Waals surface area contributed by atoms with Crippen molar-refractivity contribution < 1.29 is 33.9 Å². The predicted octanol–water partition coefficient (Wildman–Crippen LogP) is 4.74. The lowest BCUT2D eigenvalue weighted by molar-refractivity contribution is -0.157. The van der Waals surface area contributed by atoms with Crippen LogP contribution in [0.2, 0.25) is 0 Å². The average Bonchev–Trinajstić information content (AvgIpc) is 3.14. The summed E-state index contributed by atoms with van der Waals surface area (Å²) in [4.78, 5) is 66.8. The normalized spacial score (nSPS) is 14.2. The summed E-state index contributed by atoms with van der Waals surface area (Å²) < 4.78 is 4.81. The molecule has 1 fully saturated rings. The highest BCUT2D eigenvalue weighted by atomic mass is 16.8. The molecule has 0 bridgehead atoms. The molecule has 1 saturated heterocycles. The average molecular weight is 681 g/mol. The molecule has 1 aliphatic rings. The molecular weight excluding hydrogens is 640 g/mol. The van der Waals surface area contributed by atoms with Crippen LogP contribution in [-0.4, -0.2) is 87.8 Å². The first-order valence-corrected chi connectivity index (χ1v) is 16.5. The minimum Gasteiger partial charge on any atom is -0.481 e. The maximum absolute atomic E-state index is 13.9. The molecule has 4 aromatic rings. The highest BCUT2D eigenvalue weighted by molar-refractivity contribution is 5.97. The molecule has 3 N–H and O–H groups in total. The molecule has 0 aliphatic carbocycles. The van der Waals surface area contributed by atoms with Crippen LogP contribution in [0.4, 0.5) is 10.6 Å². The van der Waals surface area contributed by atoms with Crippen molar-refractivity contribution in [3.8, 4) is 11.4 Å². The molecule has 13 nitrogen and oxygen atoms in total. The van der Waals surface area contributed by atoms with Crippen molar-refractivity contribution in [3.05, 3.63) is 114 Å². The van der Waals surface area contributed by atoms with Gasteiger partial charge in [-0.15, -0.1) is 5.06 Å². The van der Waals surface area contributed by atoms with Crippen molar-refractivity contribution in [1.29, 1.82) is 0 Å². The van der Waals surface area contributed by atoms with Crippen LogP contribution in [0.5, 0.6) is 0 Å². The molecule has 1 aliphatic heterocycles. The van der Waals surface area contributed by atoms with Crippen LogP contribution in [0.15, 0.2) is 97.1 Å². The SMILES string of the molecule is CCOC(=O)ON1CCN(C(=O)[C@H](CCC(=O)O)NC(=O)c2cc(NC(Cc3ccccc3)c3ccccc3)nc(-c3ccccc3)n2)CC1. The van der Waals surface area contributed by atoms with Crippen LogP contribution in [0.3, 0.4) is 0 Å². The molecule has 5 rings (SSSR count). The number of carboxylic acids is 1. The van der Waals surface area contributed by atoms with Crippen molar-refractivity contribution in [2.24, 2.45) is 0 Å². The van der Waals surface area contributed by atoms with Gasteiger partial charge in [0.25, 0.3) is 5.91 Å². The van der Waals surface area contributed by atoms with Crippen molar-refractivity contribution in [2.75, 3.05) is 38.1 Å². The maximum atomic E-state index is 13.9. The summed E-state index contributed by atoms with van der Waals surface area (Å²) in [6, 6.07) is 29.4. The number of aromatic nitrogens is 2. The van der Waals surface area contributed by atoms with Crippen molar-refractivity contribution in [3.63, 3.8) is 0 Å². The largest absolute Gasteiger partial charge is 0.527 e. The van der Waals surface area contributed by atoms with Gasteiger partial charge in [0.2, 0.25) is 5.91 Å². The van der Waals surface area contributed by atoms with E-state index in [1.165, 1.54) is 16.0 Å². The first-order valence-electron chi connectivity index (χ1n) is 16.5. The van der Waals surface area contributed by atoms with Gasteiger partial charge in [0, 0.05) is 31.1 Å². The molecule has 2 amide bonds. The Morgan fingerprint density at radius 1 is 0.860 bits per heavy atom. The molecule has 0 spiro atoms. The monoisotopic (exact) mass is 680 g/mol. The van der Waals surface area contributed by atoms with E-state index in [1.54, 1.807) is 6.92 Å². The number of nitrogens with one attached hydrogen (secondary N) is 2. The molecule has 50 heavy (non-hydrogen) atoms. The van der Waals surface area contributed by atoms with Gasteiger partial charge in [-0.05, 0) is 30.9 Å². The quantitative estimate of drug-likeness (QED) is 0.158. The second-order valence-corrected chi connectivity index (χ2v) is 11.6. The van der Waals surface area contributed by atoms with Gasteiger partial charge in [0.05, 0.1) is 25.7 Å². The lowest BCUT2D eigenvalue weighted by Gasteiger charge is -2.35. The van der Waals surface area contributed by atoms with Crippen molar-refractivity contribution in [1.82, 2.24) is 25.2 Å². The van der Waals surface area contributed by atoms with Gasteiger partial charge in [-0.25, -0.2) is 14.8 Å². The minimum atomic E-state index is -1.14. The number of aliphatic carboxylic acids is 1. The van der Waals surface area contributed by atoms with Crippen LogP contribution in [-0.2, 0) is 25.6 Å². The maximum Gasteiger partial charge on any atom is 0.527 e. The summed E-state index contributed by atoms with van der Waals surface area (Å²) in [6.45, 7) is 2.66. The predicted molar refractivity (Wildman–Crippen MR) is 185 cm³/mol. The highest BCUT2D eigenvalue weighted by Crippen LogP contribution is 2.25. The van der Waals surface area contributed by atoms with E-state index in [1.807, 2.05) is 91.0 Å². The number of carbonyl (C=O) groups is 4. The van der Waals surface area contributed by atoms with Crippen LogP contribution in [0.25, 0.3) is 11.4 Å². The topological polar surface area (TPSA) is 163 Å². The molecule has 260 valence electrons. The Kier molecular flexibility index (Phi) is 12.4.